The molecule has 0 aliphatic carbocycles. The maximum Gasteiger partial charge on any atom is 0.410 e. The second-order valence-electron chi connectivity index (χ2n) is 6.75. The highest BCUT2D eigenvalue weighted by molar-refractivity contribution is 5.68. The summed E-state index contributed by atoms with van der Waals surface area (Å²) in [4.78, 5) is 13.8. The first-order valence-electron chi connectivity index (χ1n) is 8.15. The van der Waals surface area contributed by atoms with Crippen molar-refractivity contribution in [2.45, 2.75) is 45.5 Å². The van der Waals surface area contributed by atoms with Crippen LogP contribution in [0.2, 0.25) is 0 Å². The summed E-state index contributed by atoms with van der Waals surface area (Å²) in [6.07, 6.45) is 0.506. The molecule has 23 heavy (non-hydrogen) atoms. The van der Waals surface area contributed by atoms with Crippen LogP contribution in [0.1, 0.15) is 32.8 Å². The van der Waals surface area contributed by atoms with Crippen molar-refractivity contribution in [3.05, 3.63) is 35.9 Å². The second-order valence-corrected chi connectivity index (χ2v) is 6.75. The number of nitrogens with zero attached hydrogens (tertiary/aromatic N) is 1. The van der Waals surface area contributed by atoms with Gasteiger partial charge in [0.25, 0.3) is 0 Å². The lowest BCUT2D eigenvalue weighted by Crippen LogP contribution is -2.38. The lowest BCUT2D eigenvalue weighted by Gasteiger charge is -2.26. The maximum absolute atomic E-state index is 12.1. The highest BCUT2D eigenvalue weighted by Crippen LogP contribution is 2.14. The summed E-state index contributed by atoms with van der Waals surface area (Å²) in [5.74, 6) is 0. The summed E-state index contributed by atoms with van der Waals surface area (Å²) in [5.41, 5.74) is 0.680. The number of carbonyl (C=O) groups is 1. The van der Waals surface area contributed by atoms with Crippen LogP contribution in [0.5, 0.6) is 0 Å². The van der Waals surface area contributed by atoms with E-state index in [0.29, 0.717) is 32.9 Å². The molecule has 128 valence electrons. The Bertz CT molecular complexity index is 484. The average Bonchev–Trinajstić information content (AvgIpc) is 2.72. The second kappa shape index (κ2) is 8.31. The zero-order valence-corrected chi connectivity index (χ0v) is 14.3. The van der Waals surface area contributed by atoms with E-state index >= 15 is 0 Å². The Morgan fingerprint density at radius 1 is 1.26 bits per heavy atom. The van der Waals surface area contributed by atoms with Crippen LogP contribution in [0, 0.1) is 0 Å². The van der Waals surface area contributed by atoms with Gasteiger partial charge in [0, 0.05) is 13.1 Å². The molecule has 5 nitrogen and oxygen atoms in total. The van der Waals surface area contributed by atoms with Crippen LogP contribution in [-0.4, -0.2) is 49.0 Å². The van der Waals surface area contributed by atoms with E-state index in [2.05, 4.69) is 0 Å². The minimum atomic E-state index is -0.470. The van der Waals surface area contributed by atoms with Crippen molar-refractivity contribution in [3.8, 4) is 0 Å². The van der Waals surface area contributed by atoms with Gasteiger partial charge in [-0.15, -0.1) is 0 Å². The van der Waals surface area contributed by atoms with Gasteiger partial charge in [0.2, 0.25) is 0 Å². The number of carbonyl (C=O) groups excluding carboxylic acids is 1. The van der Waals surface area contributed by atoms with Gasteiger partial charge in [0.05, 0.1) is 25.9 Å². The fraction of sp³-hybridized carbons (Fsp3) is 0.611. The quantitative estimate of drug-likeness (QED) is 0.854. The number of rotatable bonds is 4. The highest BCUT2D eigenvalue weighted by atomic mass is 16.6. The van der Waals surface area contributed by atoms with Crippen molar-refractivity contribution in [2.75, 3.05) is 26.3 Å². The molecule has 0 spiro atoms. The van der Waals surface area contributed by atoms with Gasteiger partial charge in [-0.2, -0.15) is 0 Å². The Morgan fingerprint density at radius 2 is 2.00 bits per heavy atom. The van der Waals surface area contributed by atoms with Crippen LogP contribution >= 0.6 is 0 Å². The minimum Gasteiger partial charge on any atom is -0.444 e. The topological polar surface area (TPSA) is 48.0 Å². The van der Waals surface area contributed by atoms with Gasteiger partial charge in [0.1, 0.15) is 5.60 Å². The first kappa shape index (κ1) is 17.8. The Hall–Kier alpha value is -1.59. The van der Waals surface area contributed by atoms with Gasteiger partial charge in [-0.1, -0.05) is 30.3 Å². The van der Waals surface area contributed by atoms with Crippen LogP contribution in [0.3, 0.4) is 0 Å². The molecule has 1 fully saturated rings. The largest absolute Gasteiger partial charge is 0.444 e. The smallest absolute Gasteiger partial charge is 0.410 e. The van der Waals surface area contributed by atoms with Crippen molar-refractivity contribution in [2.24, 2.45) is 0 Å². The number of ether oxygens (including phenoxy) is 3. The number of hydrogen-bond acceptors (Lipinski definition) is 4. The summed E-state index contributed by atoms with van der Waals surface area (Å²) in [6, 6.07) is 10.1. The Balaban J connectivity index is 1.72. The Labute approximate surface area is 138 Å². The van der Waals surface area contributed by atoms with E-state index in [9.17, 15) is 4.79 Å². The van der Waals surface area contributed by atoms with Gasteiger partial charge in [0.15, 0.2) is 0 Å². The molecule has 1 aromatic carbocycles. The van der Waals surface area contributed by atoms with Gasteiger partial charge in [-0.25, -0.2) is 4.79 Å². The molecule has 0 radical (unpaired) electrons. The third kappa shape index (κ3) is 6.59. The van der Waals surface area contributed by atoms with Crippen molar-refractivity contribution < 1.29 is 19.0 Å². The number of hydrogen-bond donors (Lipinski definition) is 0. The summed E-state index contributed by atoms with van der Waals surface area (Å²) in [7, 11) is 0. The fourth-order valence-corrected chi connectivity index (χ4v) is 2.35. The molecule has 0 saturated carbocycles. The Kier molecular flexibility index (Phi) is 6.42. The van der Waals surface area contributed by atoms with Crippen LogP contribution in [0.4, 0.5) is 4.79 Å². The number of benzene rings is 1. The van der Waals surface area contributed by atoms with E-state index in [4.69, 9.17) is 14.2 Å². The zero-order valence-electron chi connectivity index (χ0n) is 14.3. The SMILES string of the molecule is CC(C)(C)OC(=O)N1CCOC(COCc2ccccc2)CC1. The maximum atomic E-state index is 12.1. The van der Waals surface area contributed by atoms with Crippen molar-refractivity contribution >= 4 is 6.09 Å². The molecule has 0 bridgehead atoms. The summed E-state index contributed by atoms with van der Waals surface area (Å²) in [6.45, 7) is 8.45. The minimum absolute atomic E-state index is 0.0196. The average molecular weight is 321 g/mol. The first-order chi connectivity index (χ1) is 10.9. The molecule has 1 atom stereocenters. The summed E-state index contributed by atoms with van der Waals surface area (Å²) in [5, 5.41) is 0. The van der Waals surface area contributed by atoms with E-state index < -0.39 is 5.60 Å². The molecule has 1 unspecified atom stereocenters. The van der Waals surface area contributed by atoms with Crippen LogP contribution in [0.15, 0.2) is 30.3 Å². The van der Waals surface area contributed by atoms with Crippen LogP contribution in [-0.2, 0) is 20.8 Å². The molecule has 5 heteroatoms. The third-order valence-corrected chi connectivity index (χ3v) is 3.50. The van der Waals surface area contributed by atoms with Gasteiger partial charge in [-0.3, -0.25) is 0 Å². The molecule has 1 aromatic rings. The van der Waals surface area contributed by atoms with Gasteiger partial charge in [-0.05, 0) is 32.8 Å². The highest BCUT2D eigenvalue weighted by Gasteiger charge is 2.25. The molecule has 1 aliphatic heterocycles. The fourth-order valence-electron chi connectivity index (χ4n) is 2.35. The van der Waals surface area contributed by atoms with E-state index in [-0.39, 0.29) is 12.2 Å². The van der Waals surface area contributed by atoms with E-state index in [1.807, 2.05) is 51.1 Å². The van der Waals surface area contributed by atoms with Crippen molar-refractivity contribution in [3.63, 3.8) is 0 Å². The van der Waals surface area contributed by atoms with Gasteiger partial charge >= 0.3 is 6.09 Å². The summed E-state index contributed by atoms with van der Waals surface area (Å²) >= 11 is 0. The predicted octanol–water partition coefficient (Wildman–Crippen LogP) is 3.23. The summed E-state index contributed by atoms with van der Waals surface area (Å²) < 4.78 is 16.9. The van der Waals surface area contributed by atoms with Gasteiger partial charge < -0.3 is 19.1 Å². The molecule has 0 N–H and O–H groups in total. The Morgan fingerprint density at radius 3 is 2.70 bits per heavy atom. The molecule has 0 aromatic heterocycles. The molecular formula is C18H27NO4. The van der Waals surface area contributed by atoms with E-state index in [1.165, 1.54) is 0 Å². The van der Waals surface area contributed by atoms with Crippen LogP contribution < -0.4 is 0 Å². The normalized spacial score (nSPS) is 19.3. The van der Waals surface area contributed by atoms with E-state index in [0.717, 1.165) is 12.0 Å². The molecule has 2 rings (SSSR count). The van der Waals surface area contributed by atoms with Crippen LogP contribution in [0.25, 0.3) is 0 Å². The molecular weight excluding hydrogens is 294 g/mol. The monoisotopic (exact) mass is 321 g/mol. The molecule has 1 saturated heterocycles. The standard InChI is InChI=1S/C18H27NO4/c1-18(2,3)23-17(20)19-10-9-16(22-12-11-19)14-21-13-15-7-5-4-6-8-15/h4-8,16H,9-14H2,1-3H3. The lowest BCUT2D eigenvalue weighted by molar-refractivity contribution is -0.0162. The van der Waals surface area contributed by atoms with Crippen molar-refractivity contribution in [1.29, 1.82) is 0 Å². The first-order valence-corrected chi connectivity index (χ1v) is 8.15. The lowest BCUT2D eigenvalue weighted by atomic mass is 10.2. The zero-order chi connectivity index (χ0) is 16.7. The molecule has 1 aliphatic rings. The molecule has 1 amide bonds. The number of amides is 1. The predicted molar refractivity (Wildman–Crippen MR) is 88.3 cm³/mol. The van der Waals surface area contributed by atoms with Crippen molar-refractivity contribution in [1.82, 2.24) is 4.90 Å². The molecule has 1 heterocycles. The third-order valence-electron chi connectivity index (χ3n) is 3.50. The van der Waals surface area contributed by atoms with E-state index in [1.54, 1.807) is 4.90 Å².